The van der Waals surface area contributed by atoms with Crippen molar-refractivity contribution in [2.45, 2.75) is 39.0 Å². The van der Waals surface area contributed by atoms with Crippen molar-refractivity contribution < 1.29 is 28.9 Å². The highest BCUT2D eigenvalue weighted by atomic mass is 127. The number of nitrogens with one attached hydrogen (secondary N) is 2. The van der Waals surface area contributed by atoms with E-state index in [9.17, 15) is 0 Å². The number of halogens is 1. The van der Waals surface area contributed by atoms with Crippen LogP contribution < -0.4 is 43.6 Å². The average Bonchev–Trinajstić information content (AvgIpc) is 4.26. The quantitative estimate of drug-likeness (QED) is 0.141. The molecule has 5 nitrogen and oxygen atoms in total. The fourth-order valence-electron chi connectivity index (χ4n) is 11.7. The van der Waals surface area contributed by atoms with Gasteiger partial charge in [0.15, 0.2) is 18.0 Å². The van der Waals surface area contributed by atoms with Crippen molar-refractivity contribution in [1.82, 2.24) is 4.98 Å². The molecule has 2 aliphatic heterocycles. The molecular weight excluding hydrogens is 1050 g/mol. The molecule has 0 saturated carbocycles. The van der Waals surface area contributed by atoms with Crippen molar-refractivity contribution in [3.63, 3.8) is 0 Å². The summed E-state index contributed by atoms with van der Waals surface area (Å²) < 4.78 is 0. The highest BCUT2D eigenvalue weighted by Crippen LogP contribution is 2.53. The maximum atomic E-state index is 3.79. The number of aromatic amines is 1. The summed E-state index contributed by atoms with van der Waals surface area (Å²) in [4.78, 5) is 12.6. The number of quaternary nitrogens is 1. The Morgan fingerprint density at radius 3 is 1.45 bits per heavy atom. The van der Waals surface area contributed by atoms with E-state index in [0.29, 0.717) is 0 Å². The van der Waals surface area contributed by atoms with Crippen molar-refractivity contribution in [3.05, 3.63) is 278 Å². The predicted octanol–water partition coefficient (Wildman–Crippen LogP) is 15.0. The Balaban J connectivity index is 0.00000596. The number of hydrogen-bond acceptors (Lipinski definition) is 3. The Hall–Kier alpha value is -8.43. The molecule has 1 unspecified atom stereocenters. The van der Waals surface area contributed by atoms with Gasteiger partial charge < -0.3 is 33.9 Å². The van der Waals surface area contributed by atoms with Crippen LogP contribution in [0.2, 0.25) is 0 Å². The fourth-order valence-corrected chi connectivity index (χ4v) is 11.7. The SMILES string of the molecule is CC(C)(C)c1c[nH]c(N2c3ccccc3-c3ccccc3N(c3ccccc3)c3ccccc3-c3ccc(CCc4cccc(N5C[NH+](c6c(-c7ccccc7)cccc6-c6ccccc6)c6ccccc65)c4)cc32)c1.[I-]. The van der Waals surface area contributed by atoms with E-state index in [4.69, 9.17) is 0 Å². The number of benzene rings is 10. The lowest BCUT2D eigenvalue weighted by atomic mass is 9.89. The van der Waals surface area contributed by atoms with Crippen LogP contribution in [0.3, 0.4) is 0 Å². The van der Waals surface area contributed by atoms with Crippen LogP contribution in [0.4, 0.5) is 57.0 Å². The number of H-pyrrole nitrogens is 1. The molecule has 11 aromatic rings. The standard InChI is InChI=1S/C71H59N5.HI/c1-71(2,3)54-47-69(72-48-54)76-65-38-18-15-32-60(65)59-31-13-16-36-63(59)75(55-28-11-6-12-29-55)64-37-17-14-33-61(64)62-44-43-51(46-68(62)76)42-41-50-23-21-30-56(45-50)73-49-74(67-40-20-19-39-66(67)73)70-57(52-24-7-4-8-25-52)34-22-35-58(70)53-26-9-5-10-27-53;/h4-40,43-48,72H,41-42,49H2,1-3H3;1H. The zero-order valence-corrected chi connectivity index (χ0v) is 45.8. The van der Waals surface area contributed by atoms with Gasteiger partial charge in [-0.3, -0.25) is 9.80 Å². The number of hydrogen-bond donors (Lipinski definition) is 2. The van der Waals surface area contributed by atoms with Crippen LogP contribution in [-0.2, 0) is 18.3 Å². The van der Waals surface area contributed by atoms with Crippen molar-refractivity contribution in [1.29, 1.82) is 0 Å². The lowest BCUT2D eigenvalue weighted by Crippen LogP contribution is -3.02. The van der Waals surface area contributed by atoms with Crippen LogP contribution in [0.15, 0.2) is 261 Å². The largest absolute Gasteiger partial charge is 1.00 e. The Kier molecular flexibility index (Phi) is 13.4. The molecule has 376 valence electrons. The smallest absolute Gasteiger partial charge is 0.166 e. The lowest BCUT2D eigenvalue weighted by Gasteiger charge is -2.35. The second-order valence-electron chi connectivity index (χ2n) is 21.1. The topological polar surface area (TPSA) is 30.0 Å². The molecule has 0 radical (unpaired) electrons. The molecule has 1 atom stereocenters. The van der Waals surface area contributed by atoms with E-state index < -0.39 is 0 Å². The van der Waals surface area contributed by atoms with E-state index in [1.807, 2.05) is 0 Å². The van der Waals surface area contributed by atoms with Crippen molar-refractivity contribution in [3.8, 4) is 44.5 Å². The maximum Gasteiger partial charge on any atom is 0.166 e. The Morgan fingerprint density at radius 2 is 0.870 bits per heavy atom. The van der Waals surface area contributed by atoms with Crippen molar-refractivity contribution >= 4 is 57.0 Å². The highest BCUT2D eigenvalue weighted by molar-refractivity contribution is 6.02. The Labute approximate surface area is 470 Å². The summed E-state index contributed by atoms with van der Waals surface area (Å²) >= 11 is 0. The summed E-state index contributed by atoms with van der Waals surface area (Å²) in [5.74, 6) is 1.03. The normalized spacial score (nSPS) is 13.6. The first-order valence-corrected chi connectivity index (χ1v) is 26.7. The van der Waals surface area contributed by atoms with E-state index in [1.54, 1.807) is 0 Å². The highest BCUT2D eigenvalue weighted by Gasteiger charge is 2.37. The van der Waals surface area contributed by atoms with E-state index in [1.165, 1.54) is 66.6 Å². The molecular formula is C71H60IN5. The number of aromatic nitrogens is 1. The molecule has 77 heavy (non-hydrogen) atoms. The first kappa shape index (κ1) is 49.4. The van der Waals surface area contributed by atoms with Crippen molar-refractivity contribution in [2.24, 2.45) is 0 Å². The van der Waals surface area contributed by atoms with Gasteiger partial charge in [-0.25, -0.2) is 4.90 Å². The van der Waals surface area contributed by atoms with E-state index in [0.717, 1.165) is 76.0 Å². The van der Waals surface area contributed by atoms with Gasteiger partial charge in [0, 0.05) is 57.0 Å². The molecule has 0 bridgehead atoms. The Morgan fingerprint density at radius 1 is 0.403 bits per heavy atom. The zero-order chi connectivity index (χ0) is 51.2. The Bertz CT molecular complexity index is 3820. The van der Waals surface area contributed by atoms with Gasteiger partial charge in [-0.2, -0.15) is 0 Å². The summed E-state index contributed by atoms with van der Waals surface area (Å²) in [6.45, 7) is 7.62. The summed E-state index contributed by atoms with van der Waals surface area (Å²) in [5.41, 5.74) is 24.0. The van der Waals surface area contributed by atoms with Crippen molar-refractivity contribution in [2.75, 3.05) is 21.4 Å². The fraction of sp³-hybridized carbons (Fsp3) is 0.0986. The monoisotopic (exact) mass is 1110 g/mol. The molecule has 13 rings (SSSR count). The predicted molar refractivity (Wildman–Crippen MR) is 318 cm³/mol. The number of aryl methyl sites for hydroxylation is 2. The van der Waals surface area contributed by atoms with E-state index in [2.05, 4.69) is 301 Å². The minimum absolute atomic E-state index is 0. The average molecular weight is 1110 g/mol. The van der Waals surface area contributed by atoms with Crippen LogP contribution in [0.25, 0.3) is 44.5 Å². The molecule has 2 aliphatic rings. The third-order valence-electron chi connectivity index (χ3n) is 15.4. The van der Waals surface area contributed by atoms with E-state index in [-0.39, 0.29) is 29.4 Å². The van der Waals surface area contributed by atoms with Crippen LogP contribution in [0.1, 0.15) is 37.5 Å². The number of nitrogens with zero attached hydrogens (tertiary/aromatic N) is 3. The molecule has 3 heterocycles. The minimum Gasteiger partial charge on any atom is -1.00 e. The second kappa shape index (κ2) is 20.9. The molecule has 0 saturated heterocycles. The molecule has 0 aliphatic carbocycles. The summed E-state index contributed by atoms with van der Waals surface area (Å²) in [6.07, 6.45) is 3.94. The molecule has 2 N–H and O–H groups in total. The molecule has 0 spiro atoms. The van der Waals surface area contributed by atoms with E-state index >= 15 is 0 Å². The second-order valence-corrected chi connectivity index (χ2v) is 21.1. The van der Waals surface area contributed by atoms with Gasteiger partial charge in [0.05, 0.1) is 22.7 Å². The van der Waals surface area contributed by atoms with Gasteiger partial charge in [0.1, 0.15) is 11.5 Å². The number of anilines is 8. The van der Waals surface area contributed by atoms with Gasteiger partial charge in [-0.15, -0.1) is 0 Å². The molecule has 0 fully saturated rings. The molecule has 1 aromatic heterocycles. The van der Waals surface area contributed by atoms with Crippen LogP contribution in [0, 0.1) is 0 Å². The third-order valence-corrected chi connectivity index (χ3v) is 15.4. The first-order valence-electron chi connectivity index (χ1n) is 26.7. The molecule has 6 heteroatoms. The summed E-state index contributed by atoms with van der Waals surface area (Å²) in [5, 5.41) is 0. The third kappa shape index (κ3) is 9.32. The number of para-hydroxylation sites is 7. The zero-order valence-electron chi connectivity index (χ0n) is 43.7. The summed E-state index contributed by atoms with van der Waals surface area (Å²) in [6, 6.07) is 93.8. The van der Waals surface area contributed by atoms with Gasteiger partial charge >= 0.3 is 0 Å². The minimum atomic E-state index is -0.0471. The lowest BCUT2D eigenvalue weighted by molar-refractivity contribution is -0.750. The van der Waals surface area contributed by atoms with Gasteiger partial charge in [-0.05, 0) is 119 Å². The number of fused-ring (bicyclic) bond motifs is 7. The van der Waals surface area contributed by atoms with Crippen LogP contribution >= 0.6 is 0 Å². The van der Waals surface area contributed by atoms with Crippen LogP contribution in [-0.4, -0.2) is 11.7 Å². The maximum absolute atomic E-state index is 3.79. The molecule has 0 amide bonds. The van der Waals surface area contributed by atoms with Gasteiger partial charge in [-0.1, -0.05) is 197 Å². The van der Waals surface area contributed by atoms with Crippen LogP contribution in [0.5, 0.6) is 0 Å². The molecule has 10 aromatic carbocycles. The van der Waals surface area contributed by atoms with Gasteiger partial charge in [0.2, 0.25) is 0 Å². The first-order chi connectivity index (χ1) is 37.4. The number of rotatable bonds is 9. The summed E-state index contributed by atoms with van der Waals surface area (Å²) in [7, 11) is 0. The van der Waals surface area contributed by atoms with Gasteiger partial charge in [0.25, 0.3) is 0 Å².